The third kappa shape index (κ3) is 3.29. The molecule has 2 aromatic carbocycles. The fraction of sp³-hybridized carbons (Fsp3) is 0.188. The lowest BCUT2D eigenvalue weighted by molar-refractivity contribution is -0.115. The summed E-state index contributed by atoms with van der Waals surface area (Å²) in [5, 5.41) is 2.84. The number of amides is 1. The minimum absolute atomic E-state index is 0.112. The van der Waals surface area contributed by atoms with Crippen LogP contribution in [0.5, 0.6) is 11.5 Å². The van der Waals surface area contributed by atoms with Crippen molar-refractivity contribution in [3.63, 3.8) is 0 Å². The van der Waals surface area contributed by atoms with E-state index >= 15 is 0 Å². The smallest absolute Gasteiger partial charge is 0.229 e. The summed E-state index contributed by atoms with van der Waals surface area (Å²) in [5.74, 6) is 1.24. The predicted octanol–water partition coefficient (Wildman–Crippen LogP) is 2.89. The number of hydrogen-bond acceptors (Lipinski definition) is 3. The number of para-hydroxylation sites is 3. The third-order valence-corrected chi connectivity index (χ3v) is 2.92. The minimum atomic E-state index is -0.112. The first kappa shape index (κ1) is 13.9. The first-order chi connectivity index (χ1) is 9.74. The lowest BCUT2D eigenvalue weighted by Crippen LogP contribution is -2.15. The summed E-state index contributed by atoms with van der Waals surface area (Å²) in [6.07, 6.45) is 0.252. The maximum atomic E-state index is 12.1. The molecule has 0 aromatic heterocycles. The summed E-state index contributed by atoms with van der Waals surface area (Å²) in [4.78, 5) is 12.1. The van der Waals surface area contributed by atoms with E-state index in [1.807, 2.05) is 36.4 Å². The summed E-state index contributed by atoms with van der Waals surface area (Å²) in [6.45, 7) is 0. The number of nitrogens with one attached hydrogen (secondary N) is 1. The molecule has 0 saturated carbocycles. The summed E-state index contributed by atoms with van der Waals surface area (Å²) < 4.78 is 10.4. The molecule has 0 saturated heterocycles. The largest absolute Gasteiger partial charge is 0.496 e. The highest BCUT2D eigenvalue weighted by atomic mass is 16.5. The molecule has 0 atom stereocenters. The second kappa shape index (κ2) is 6.61. The highest BCUT2D eigenvalue weighted by Crippen LogP contribution is 2.24. The van der Waals surface area contributed by atoms with Crippen LogP contribution in [0.4, 0.5) is 5.69 Å². The van der Waals surface area contributed by atoms with E-state index in [2.05, 4.69) is 5.32 Å². The topological polar surface area (TPSA) is 47.6 Å². The molecule has 0 aliphatic heterocycles. The lowest BCUT2D eigenvalue weighted by atomic mass is 10.1. The van der Waals surface area contributed by atoms with Gasteiger partial charge in [0.05, 0.1) is 26.3 Å². The highest BCUT2D eigenvalue weighted by molar-refractivity contribution is 5.94. The van der Waals surface area contributed by atoms with Crippen molar-refractivity contribution in [1.29, 1.82) is 0 Å². The van der Waals surface area contributed by atoms with Crippen LogP contribution in [0.1, 0.15) is 5.56 Å². The molecule has 1 N–H and O–H groups in total. The Hall–Kier alpha value is -2.49. The Balaban J connectivity index is 2.09. The average Bonchev–Trinajstić information content (AvgIpc) is 2.48. The number of hydrogen-bond donors (Lipinski definition) is 1. The van der Waals surface area contributed by atoms with E-state index in [9.17, 15) is 4.79 Å². The molecule has 2 rings (SSSR count). The quantitative estimate of drug-likeness (QED) is 0.909. The fourth-order valence-corrected chi connectivity index (χ4v) is 1.96. The summed E-state index contributed by atoms with van der Waals surface area (Å²) >= 11 is 0. The molecule has 4 heteroatoms. The van der Waals surface area contributed by atoms with E-state index in [-0.39, 0.29) is 12.3 Å². The molecule has 0 radical (unpaired) electrons. The molecule has 0 unspecified atom stereocenters. The zero-order valence-corrected chi connectivity index (χ0v) is 11.6. The van der Waals surface area contributed by atoms with Gasteiger partial charge in [0.25, 0.3) is 0 Å². The van der Waals surface area contributed by atoms with Crippen LogP contribution in [0.2, 0.25) is 0 Å². The van der Waals surface area contributed by atoms with Gasteiger partial charge in [0.1, 0.15) is 11.5 Å². The van der Waals surface area contributed by atoms with Crippen LogP contribution in [0.3, 0.4) is 0 Å². The van der Waals surface area contributed by atoms with Crippen molar-refractivity contribution in [2.24, 2.45) is 0 Å². The maximum absolute atomic E-state index is 12.1. The van der Waals surface area contributed by atoms with Crippen molar-refractivity contribution in [3.05, 3.63) is 54.1 Å². The Morgan fingerprint density at radius 1 is 0.950 bits per heavy atom. The zero-order chi connectivity index (χ0) is 14.4. The van der Waals surface area contributed by atoms with Crippen molar-refractivity contribution in [3.8, 4) is 11.5 Å². The molecule has 0 spiro atoms. The first-order valence-corrected chi connectivity index (χ1v) is 6.29. The number of methoxy groups -OCH3 is 2. The molecular weight excluding hydrogens is 254 g/mol. The van der Waals surface area contributed by atoms with E-state index in [1.54, 1.807) is 26.4 Å². The second-order valence-electron chi connectivity index (χ2n) is 4.24. The van der Waals surface area contributed by atoms with Gasteiger partial charge in [-0.1, -0.05) is 30.3 Å². The third-order valence-electron chi connectivity index (χ3n) is 2.92. The molecule has 0 aliphatic carbocycles. The Kier molecular flexibility index (Phi) is 4.60. The van der Waals surface area contributed by atoms with Gasteiger partial charge < -0.3 is 14.8 Å². The normalized spacial score (nSPS) is 9.90. The minimum Gasteiger partial charge on any atom is -0.496 e. The van der Waals surface area contributed by atoms with Gasteiger partial charge in [-0.3, -0.25) is 4.79 Å². The van der Waals surface area contributed by atoms with E-state index in [0.29, 0.717) is 17.2 Å². The molecule has 0 aliphatic rings. The number of carbonyl (C=O) groups excluding carboxylic acids is 1. The van der Waals surface area contributed by atoms with Crippen molar-refractivity contribution >= 4 is 11.6 Å². The van der Waals surface area contributed by atoms with Crippen LogP contribution in [0, 0.1) is 0 Å². The second-order valence-corrected chi connectivity index (χ2v) is 4.24. The Labute approximate surface area is 118 Å². The number of carbonyl (C=O) groups is 1. The Morgan fingerprint density at radius 3 is 2.25 bits per heavy atom. The zero-order valence-electron chi connectivity index (χ0n) is 11.6. The van der Waals surface area contributed by atoms with Crippen molar-refractivity contribution in [1.82, 2.24) is 0 Å². The molecule has 0 bridgehead atoms. The summed E-state index contributed by atoms with van der Waals surface area (Å²) in [5.41, 5.74) is 1.51. The van der Waals surface area contributed by atoms with Gasteiger partial charge in [-0.05, 0) is 18.2 Å². The summed E-state index contributed by atoms with van der Waals surface area (Å²) in [6, 6.07) is 14.8. The van der Waals surface area contributed by atoms with Gasteiger partial charge in [0.2, 0.25) is 5.91 Å². The standard InChI is InChI=1S/C16H17NO3/c1-19-14-9-5-3-7-12(14)11-16(18)17-13-8-4-6-10-15(13)20-2/h3-10H,11H2,1-2H3,(H,17,18). The first-order valence-electron chi connectivity index (χ1n) is 6.29. The molecule has 4 nitrogen and oxygen atoms in total. The molecule has 104 valence electrons. The Morgan fingerprint density at radius 2 is 1.55 bits per heavy atom. The molecular formula is C16H17NO3. The lowest BCUT2D eigenvalue weighted by Gasteiger charge is -2.11. The molecule has 1 amide bonds. The van der Waals surface area contributed by atoms with Gasteiger partial charge in [-0.15, -0.1) is 0 Å². The van der Waals surface area contributed by atoms with Gasteiger partial charge in [0.15, 0.2) is 0 Å². The number of ether oxygens (including phenoxy) is 2. The van der Waals surface area contributed by atoms with Gasteiger partial charge in [-0.2, -0.15) is 0 Å². The SMILES string of the molecule is COc1ccccc1CC(=O)Nc1ccccc1OC. The van der Waals surface area contributed by atoms with E-state index in [4.69, 9.17) is 9.47 Å². The van der Waals surface area contributed by atoms with Crippen LogP contribution in [-0.2, 0) is 11.2 Å². The van der Waals surface area contributed by atoms with Gasteiger partial charge in [0, 0.05) is 5.56 Å². The average molecular weight is 271 g/mol. The van der Waals surface area contributed by atoms with Crippen molar-refractivity contribution < 1.29 is 14.3 Å². The van der Waals surface area contributed by atoms with Crippen LogP contribution in [0.15, 0.2) is 48.5 Å². The van der Waals surface area contributed by atoms with Gasteiger partial charge >= 0.3 is 0 Å². The van der Waals surface area contributed by atoms with Crippen molar-refractivity contribution in [2.45, 2.75) is 6.42 Å². The summed E-state index contributed by atoms with van der Waals surface area (Å²) in [7, 11) is 3.17. The number of anilines is 1. The molecule has 2 aromatic rings. The molecule has 20 heavy (non-hydrogen) atoms. The van der Waals surface area contributed by atoms with Crippen molar-refractivity contribution in [2.75, 3.05) is 19.5 Å². The molecule has 0 heterocycles. The van der Waals surface area contributed by atoms with Crippen LogP contribution in [0.25, 0.3) is 0 Å². The van der Waals surface area contributed by atoms with Crippen LogP contribution >= 0.6 is 0 Å². The fourth-order valence-electron chi connectivity index (χ4n) is 1.96. The van der Waals surface area contributed by atoms with Gasteiger partial charge in [-0.25, -0.2) is 0 Å². The Bertz CT molecular complexity index is 544. The van der Waals surface area contributed by atoms with E-state index in [0.717, 1.165) is 5.56 Å². The number of rotatable bonds is 5. The molecule has 0 fully saturated rings. The monoisotopic (exact) mass is 271 g/mol. The van der Waals surface area contributed by atoms with E-state index < -0.39 is 0 Å². The highest BCUT2D eigenvalue weighted by Gasteiger charge is 2.10. The van der Waals surface area contributed by atoms with Crippen LogP contribution in [-0.4, -0.2) is 20.1 Å². The predicted molar refractivity (Wildman–Crippen MR) is 78.3 cm³/mol. The van der Waals surface area contributed by atoms with Crippen LogP contribution < -0.4 is 14.8 Å². The number of benzene rings is 2. The maximum Gasteiger partial charge on any atom is 0.229 e. The van der Waals surface area contributed by atoms with E-state index in [1.165, 1.54) is 0 Å².